The van der Waals surface area contributed by atoms with Gasteiger partial charge in [0, 0.05) is 18.7 Å². The molecule has 1 N–H and O–H groups in total. The van der Waals surface area contributed by atoms with Gasteiger partial charge in [0.1, 0.15) is 0 Å². The first-order chi connectivity index (χ1) is 8.08. The summed E-state index contributed by atoms with van der Waals surface area (Å²) in [6, 6.07) is 2.03. The SMILES string of the molecule is CC(C)CNCC(C)CN(C)Cc1ccoc1. The van der Waals surface area contributed by atoms with Crippen molar-refractivity contribution >= 4 is 0 Å². The Bertz CT molecular complexity index is 282. The van der Waals surface area contributed by atoms with E-state index >= 15 is 0 Å². The summed E-state index contributed by atoms with van der Waals surface area (Å²) in [7, 11) is 2.16. The minimum absolute atomic E-state index is 0.672. The van der Waals surface area contributed by atoms with E-state index in [1.807, 2.05) is 12.3 Å². The van der Waals surface area contributed by atoms with E-state index in [0.29, 0.717) is 5.92 Å². The monoisotopic (exact) mass is 238 g/mol. The molecule has 0 aliphatic heterocycles. The van der Waals surface area contributed by atoms with Crippen molar-refractivity contribution in [3.63, 3.8) is 0 Å². The molecule has 0 aliphatic rings. The molecule has 0 aromatic carbocycles. The van der Waals surface area contributed by atoms with Crippen molar-refractivity contribution in [2.75, 3.05) is 26.7 Å². The smallest absolute Gasteiger partial charge is 0.0947 e. The van der Waals surface area contributed by atoms with Crippen LogP contribution in [0.2, 0.25) is 0 Å². The third kappa shape index (κ3) is 6.49. The van der Waals surface area contributed by atoms with Crippen molar-refractivity contribution in [3.05, 3.63) is 24.2 Å². The quantitative estimate of drug-likeness (QED) is 0.754. The lowest BCUT2D eigenvalue weighted by atomic mass is 10.1. The number of nitrogens with zero attached hydrogens (tertiary/aromatic N) is 1. The highest BCUT2D eigenvalue weighted by molar-refractivity contribution is 5.04. The number of rotatable bonds is 8. The third-order valence-corrected chi connectivity index (χ3v) is 2.70. The average molecular weight is 238 g/mol. The summed E-state index contributed by atoms with van der Waals surface area (Å²) < 4.78 is 5.07. The lowest BCUT2D eigenvalue weighted by Gasteiger charge is -2.21. The molecule has 3 heteroatoms. The summed E-state index contributed by atoms with van der Waals surface area (Å²) >= 11 is 0. The van der Waals surface area contributed by atoms with Gasteiger partial charge in [-0.2, -0.15) is 0 Å². The van der Waals surface area contributed by atoms with Crippen LogP contribution >= 0.6 is 0 Å². The van der Waals surface area contributed by atoms with Gasteiger partial charge in [-0.15, -0.1) is 0 Å². The summed E-state index contributed by atoms with van der Waals surface area (Å²) in [5.41, 5.74) is 1.25. The van der Waals surface area contributed by atoms with Crippen LogP contribution in [-0.4, -0.2) is 31.6 Å². The van der Waals surface area contributed by atoms with E-state index in [2.05, 4.69) is 38.0 Å². The maximum Gasteiger partial charge on any atom is 0.0947 e. The van der Waals surface area contributed by atoms with Crippen molar-refractivity contribution in [1.82, 2.24) is 10.2 Å². The molecule has 0 radical (unpaired) electrons. The maximum absolute atomic E-state index is 5.07. The highest BCUT2D eigenvalue weighted by Gasteiger charge is 2.07. The molecule has 0 amide bonds. The summed E-state index contributed by atoms with van der Waals surface area (Å²) in [6.45, 7) is 11.0. The van der Waals surface area contributed by atoms with Crippen molar-refractivity contribution in [3.8, 4) is 0 Å². The maximum atomic E-state index is 5.07. The van der Waals surface area contributed by atoms with E-state index in [1.165, 1.54) is 5.56 Å². The molecule has 0 saturated heterocycles. The van der Waals surface area contributed by atoms with Gasteiger partial charge in [-0.3, -0.25) is 0 Å². The van der Waals surface area contributed by atoms with Gasteiger partial charge in [0.15, 0.2) is 0 Å². The summed E-state index contributed by atoms with van der Waals surface area (Å²) in [6.07, 6.45) is 3.55. The predicted octanol–water partition coefficient (Wildman–Crippen LogP) is 2.59. The second-order valence-corrected chi connectivity index (χ2v) is 5.49. The van der Waals surface area contributed by atoms with Gasteiger partial charge >= 0.3 is 0 Å². The van der Waals surface area contributed by atoms with Crippen LogP contribution in [-0.2, 0) is 6.54 Å². The topological polar surface area (TPSA) is 28.4 Å². The molecule has 3 nitrogen and oxygen atoms in total. The number of furan rings is 1. The first kappa shape index (κ1) is 14.3. The van der Waals surface area contributed by atoms with Crippen molar-refractivity contribution in [1.29, 1.82) is 0 Å². The molecule has 17 heavy (non-hydrogen) atoms. The minimum atomic E-state index is 0.672. The zero-order valence-electron chi connectivity index (χ0n) is 11.6. The van der Waals surface area contributed by atoms with Crippen LogP contribution in [0.3, 0.4) is 0 Å². The summed E-state index contributed by atoms with van der Waals surface area (Å²) in [4.78, 5) is 2.34. The molecule has 0 bridgehead atoms. The van der Waals surface area contributed by atoms with Crippen LogP contribution in [0.5, 0.6) is 0 Å². The molecular formula is C14H26N2O. The molecule has 0 saturated carbocycles. The highest BCUT2D eigenvalue weighted by atomic mass is 16.3. The Hall–Kier alpha value is -0.800. The molecule has 0 aliphatic carbocycles. The van der Waals surface area contributed by atoms with E-state index in [4.69, 9.17) is 4.42 Å². The van der Waals surface area contributed by atoms with Crippen LogP contribution in [0.1, 0.15) is 26.3 Å². The van der Waals surface area contributed by atoms with E-state index < -0.39 is 0 Å². The molecule has 0 spiro atoms. The lowest BCUT2D eigenvalue weighted by Crippen LogP contribution is -2.32. The van der Waals surface area contributed by atoms with Crippen molar-refractivity contribution in [2.45, 2.75) is 27.3 Å². The zero-order valence-corrected chi connectivity index (χ0v) is 11.6. The number of nitrogens with one attached hydrogen (secondary N) is 1. The second-order valence-electron chi connectivity index (χ2n) is 5.49. The summed E-state index contributed by atoms with van der Waals surface area (Å²) in [5.74, 6) is 1.40. The first-order valence-electron chi connectivity index (χ1n) is 6.48. The molecule has 1 atom stereocenters. The van der Waals surface area contributed by atoms with Gasteiger partial charge in [0.25, 0.3) is 0 Å². The van der Waals surface area contributed by atoms with Crippen LogP contribution < -0.4 is 5.32 Å². The van der Waals surface area contributed by atoms with E-state index in [-0.39, 0.29) is 0 Å². The molecule has 1 heterocycles. The molecule has 1 aromatic rings. The Morgan fingerprint density at radius 3 is 2.65 bits per heavy atom. The largest absolute Gasteiger partial charge is 0.472 e. The van der Waals surface area contributed by atoms with E-state index in [9.17, 15) is 0 Å². The number of hydrogen-bond donors (Lipinski definition) is 1. The fourth-order valence-electron chi connectivity index (χ4n) is 1.97. The van der Waals surface area contributed by atoms with E-state index in [0.717, 1.165) is 32.1 Å². The van der Waals surface area contributed by atoms with Gasteiger partial charge < -0.3 is 14.6 Å². The fraction of sp³-hybridized carbons (Fsp3) is 0.714. The van der Waals surface area contributed by atoms with Gasteiger partial charge in [-0.25, -0.2) is 0 Å². The average Bonchev–Trinajstić information content (AvgIpc) is 2.69. The normalized spacial score (nSPS) is 13.5. The lowest BCUT2D eigenvalue weighted by molar-refractivity contribution is 0.272. The second kappa shape index (κ2) is 7.51. The van der Waals surface area contributed by atoms with Gasteiger partial charge in [-0.05, 0) is 38.0 Å². The molecule has 0 fully saturated rings. The minimum Gasteiger partial charge on any atom is -0.472 e. The van der Waals surface area contributed by atoms with Crippen molar-refractivity contribution < 1.29 is 4.42 Å². The zero-order chi connectivity index (χ0) is 12.7. The standard InChI is InChI=1S/C14H26N2O/c1-12(2)7-15-8-13(3)9-16(4)10-14-5-6-17-11-14/h5-6,11-13,15H,7-10H2,1-4H3. The van der Waals surface area contributed by atoms with Crippen LogP contribution in [0.4, 0.5) is 0 Å². The van der Waals surface area contributed by atoms with Crippen LogP contribution in [0.15, 0.2) is 23.0 Å². The van der Waals surface area contributed by atoms with Crippen molar-refractivity contribution in [2.24, 2.45) is 11.8 Å². The Balaban J connectivity index is 2.14. The predicted molar refractivity (Wildman–Crippen MR) is 71.9 cm³/mol. The van der Waals surface area contributed by atoms with Gasteiger partial charge in [0.2, 0.25) is 0 Å². The summed E-state index contributed by atoms with van der Waals surface area (Å²) in [5, 5.41) is 3.50. The third-order valence-electron chi connectivity index (χ3n) is 2.70. The molecule has 98 valence electrons. The first-order valence-corrected chi connectivity index (χ1v) is 6.48. The molecular weight excluding hydrogens is 212 g/mol. The van der Waals surface area contributed by atoms with Crippen LogP contribution in [0.25, 0.3) is 0 Å². The number of hydrogen-bond acceptors (Lipinski definition) is 3. The van der Waals surface area contributed by atoms with Crippen LogP contribution in [0, 0.1) is 11.8 Å². The molecule has 1 unspecified atom stereocenters. The fourth-order valence-corrected chi connectivity index (χ4v) is 1.97. The Morgan fingerprint density at radius 2 is 2.06 bits per heavy atom. The van der Waals surface area contributed by atoms with Gasteiger partial charge in [-0.1, -0.05) is 20.8 Å². The Labute approximate surface area is 105 Å². The van der Waals surface area contributed by atoms with Gasteiger partial charge in [0.05, 0.1) is 12.5 Å². The molecule has 1 rings (SSSR count). The molecule has 1 aromatic heterocycles. The Morgan fingerprint density at radius 1 is 1.29 bits per heavy atom. The van der Waals surface area contributed by atoms with E-state index in [1.54, 1.807) is 6.26 Å². The Kier molecular flexibility index (Phi) is 6.30. The highest BCUT2D eigenvalue weighted by Crippen LogP contribution is 2.06.